The van der Waals surface area contributed by atoms with Gasteiger partial charge in [-0.1, -0.05) is 48.0 Å². The Bertz CT molecular complexity index is 713. The highest BCUT2D eigenvalue weighted by Gasteiger charge is 2.08. The molecule has 0 aliphatic heterocycles. The summed E-state index contributed by atoms with van der Waals surface area (Å²) in [6, 6.07) is 15.2. The Labute approximate surface area is 142 Å². The SMILES string of the molecule is COc1ccccc1CNC(=O)CNC(=O)Cc1cccc(C)c1. The number of rotatable bonds is 7. The molecule has 24 heavy (non-hydrogen) atoms. The molecule has 5 nitrogen and oxygen atoms in total. The van der Waals surface area contributed by atoms with Crippen molar-refractivity contribution in [1.82, 2.24) is 10.6 Å². The monoisotopic (exact) mass is 326 g/mol. The van der Waals surface area contributed by atoms with Crippen LogP contribution in [0.3, 0.4) is 0 Å². The second-order valence-electron chi connectivity index (χ2n) is 5.53. The van der Waals surface area contributed by atoms with Gasteiger partial charge in [0.1, 0.15) is 5.75 Å². The number of carbonyl (C=O) groups excluding carboxylic acids is 2. The smallest absolute Gasteiger partial charge is 0.239 e. The first-order valence-electron chi connectivity index (χ1n) is 7.79. The number of benzene rings is 2. The van der Waals surface area contributed by atoms with Crippen LogP contribution in [0.15, 0.2) is 48.5 Å². The number of para-hydroxylation sites is 1. The molecular formula is C19H22N2O3. The van der Waals surface area contributed by atoms with E-state index in [1.165, 1.54) is 0 Å². The van der Waals surface area contributed by atoms with Crippen molar-refractivity contribution >= 4 is 11.8 Å². The largest absolute Gasteiger partial charge is 0.496 e. The topological polar surface area (TPSA) is 67.4 Å². The van der Waals surface area contributed by atoms with Gasteiger partial charge >= 0.3 is 0 Å². The molecule has 0 aliphatic carbocycles. The average Bonchev–Trinajstić information content (AvgIpc) is 2.58. The molecule has 0 bridgehead atoms. The van der Waals surface area contributed by atoms with E-state index in [1.54, 1.807) is 7.11 Å². The van der Waals surface area contributed by atoms with Gasteiger partial charge in [0.25, 0.3) is 0 Å². The van der Waals surface area contributed by atoms with Gasteiger partial charge in [0.05, 0.1) is 20.1 Å². The Hall–Kier alpha value is -2.82. The standard InChI is InChI=1S/C19H22N2O3/c1-14-6-5-7-15(10-14)11-18(22)21-13-19(23)20-12-16-8-3-4-9-17(16)24-2/h3-10H,11-13H2,1-2H3,(H,20,23)(H,21,22). The number of hydrogen-bond acceptors (Lipinski definition) is 3. The Morgan fingerprint density at radius 2 is 1.79 bits per heavy atom. The molecule has 2 N–H and O–H groups in total. The number of carbonyl (C=O) groups is 2. The first-order valence-corrected chi connectivity index (χ1v) is 7.79. The number of aryl methyl sites for hydroxylation is 1. The van der Waals surface area contributed by atoms with Crippen molar-refractivity contribution in [3.8, 4) is 5.75 Å². The third kappa shape index (κ3) is 5.43. The molecule has 0 atom stereocenters. The lowest BCUT2D eigenvalue weighted by atomic mass is 10.1. The molecule has 126 valence electrons. The van der Waals surface area contributed by atoms with E-state index in [0.717, 1.165) is 22.4 Å². The van der Waals surface area contributed by atoms with Crippen LogP contribution in [-0.2, 0) is 22.6 Å². The van der Waals surface area contributed by atoms with Gasteiger partial charge in [-0.3, -0.25) is 9.59 Å². The molecule has 2 aromatic rings. The van der Waals surface area contributed by atoms with E-state index in [1.807, 2.05) is 55.5 Å². The molecule has 0 fully saturated rings. The minimum atomic E-state index is -0.238. The van der Waals surface area contributed by atoms with Crippen LogP contribution in [0.25, 0.3) is 0 Å². The lowest BCUT2D eigenvalue weighted by Gasteiger charge is -2.10. The summed E-state index contributed by atoms with van der Waals surface area (Å²) < 4.78 is 5.23. The minimum Gasteiger partial charge on any atom is -0.496 e. The molecule has 0 saturated carbocycles. The molecule has 2 amide bonds. The summed E-state index contributed by atoms with van der Waals surface area (Å²) in [7, 11) is 1.59. The van der Waals surface area contributed by atoms with Crippen molar-refractivity contribution in [3.63, 3.8) is 0 Å². The molecule has 0 unspecified atom stereocenters. The van der Waals surface area contributed by atoms with Gasteiger partial charge in [-0.05, 0) is 18.6 Å². The number of ether oxygens (including phenoxy) is 1. The minimum absolute atomic E-state index is 0.0419. The predicted molar refractivity (Wildman–Crippen MR) is 92.7 cm³/mol. The molecule has 0 radical (unpaired) electrons. The van der Waals surface area contributed by atoms with E-state index in [9.17, 15) is 9.59 Å². The van der Waals surface area contributed by atoms with Crippen LogP contribution in [0.4, 0.5) is 0 Å². The molecule has 0 spiro atoms. The molecule has 5 heteroatoms. The van der Waals surface area contributed by atoms with Crippen LogP contribution in [0, 0.1) is 6.92 Å². The predicted octanol–water partition coefficient (Wildman–Crippen LogP) is 1.98. The number of amides is 2. The second-order valence-corrected chi connectivity index (χ2v) is 5.53. The van der Waals surface area contributed by atoms with Crippen LogP contribution in [0.1, 0.15) is 16.7 Å². The molecular weight excluding hydrogens is 304 g/mol. The third-order valence-corrected chi connectivity index (χ3v) is 3.56. The van der Waals surface area contributed by atoms with Gasteiger partial charge in [-0.2, -0.15) is 0 Å². The molecule has 2 rings (SSSR count). The zero-order valence-electron chi connectivity index (χ0n) is 14.0. The molecule has 0 heterocycles. The summed E-state index contributed by atoms with van der Waals surface area (Å²) in [5, 5.41) is 5.40. The highest BCUT2D eigenvalue weighted by molar-refractivity contribution is 5.85. The fraction of sp³-hybridized carbons (Fsp3) is 0.263. The maximum absolute atomic E-state index is 11.9. The van der Waals surface area contributed by atoms with E-state index >= 15 is 0 Å². The lowest BCUT2D eigenvalue weighted by molar-refractivity contribution is -0.125. The van der Waals surface area contributed by atoms with Crippen LogP contribution in [-0.4, -0.2) is 25.5 Å². The third-order valence-electron chi connectivity index (χ3n) is 3.56. The lowest BCUT2D eigenvalue weighted by Crippen LogP contribution is -2.37. The molecule has 0 saturated heterocycles. The van der Waals surface area contributed by atoms with Gasteiger partial charge in [0.2, 0.25) is 11.8 Å². The van der Waals surface area contributed by atoms with Gasteiger partial charge < -0.3 is 15.4 Å². The zero-order chi connectivity index (χ0) is 17.4. The first kappa shape index (κ1) is 17.5. The van der Waals surface area contributed by atoms with E-state index in [2.05, 4.69) is 10.6 Å². The van der Waals surface area contributed by atoms with E-state index < -0.39 is 0 Å². The Morgan fingerprint density at radius 3 is 2.54 bits per heavy atom. The van der Waals surface area contributed by atoms with Gasteiger partial charge in [0.15, 0.2) is 0 Å². The Morgan fingerprint density at radius 1 is 1.00 bits per heavy atom. The Balaban J connectivity index is 1.75. The van der Waals surface area contributed by atoms with Crippen molar-refractivity contribution in [2.45, 2.75) is 19.9 Å². The van der Waals surface area contributed by atoms with Crippen molar-refractivity contribution in [2.24, 2.45) is 0 Å². The van der Waals surface area contributed by atoms with Gasteiger partial charge in [-0.25, -0.2) is 0 Å². The fourth-order valence-electron chi connectivity index (χ4n) is 2.35. The number of methoxy groups -OCH3 is 1. The summed E-state index contributed by atoms with van der Waals surface area (Å²) in [6.07, 6.45) is 0.265. The van der Waals surface area contributed by atoms with Crippen LogP contribution >= 0.6 is 0 Å². The molecule has 0 aromatic heterocycles. The van der Waals surface area contributed by atoms with E-state index in [0.29, 0.717) is 6.54 Å². The quantitative estimate of drug-likeness (QED) is 0.817. The van der Waals surface area contributed by atoms with Gasteiger partial charge in [-0.15, -0.1) is 0 Å². The summed E-state index contributed by atoms with van der Waals surface area (Å²) in [5.41, 5.74) is 2.93. The molecule has 2 aromatic carbocycles. The average molecular weight is 326 g/mol. The summed E-state index contributed by atoms with van der Waals surface area (Å²) in [4.78, 5) is 23.8. The maximum Gasteiger partial charge on any atom is 0.239 e. The van der Waals surface area contributed by atoms with Gasteiger partial charge in [0, 0.05) is 12.1 Å². The maximum atomic E-state index is 11.9. The van der Waals surface area contributed by atoms with E-state index in [-0.39, 0.29) is 24.8 Å². The van der Waals surface area contributed by atoms with Crippen molar-refractivity contribution in [1.29, 1.82) is 0 Å². The van der Waals surface area contributed by atoms with Crippen molar-refractivity contribution in [2.75, 3.05) is 13.7 Å². The normalized spacial score (nSPS) is 10.1. The van der Waals surface area contributed by atoms with Crippen LogP contribution in [0.2, 0.25) is 0 Å². The zero-order valence-corrected chi connectivity index (χ0v) is 14.0. The highest BCUT2D eigenvalue weighted by atomic mass is 16.5. The van der Waals surface area contributed by atoms with Crippen LogP contribution < -0.4 is 15.4 Å². The van der Waals surface area contributed by atoms with Crippen molar-refractivity contribution in [3.05, 3.63) is 65.2 Å². The van der Waals surface area contributed by atoms with Crippen LogP contribution in [0.5, 0.6) is 5.75 Å². The summed E-state index contributed by atoms with van der Waals surface area (Å²) in [5.74, 6) is 0.313. The Kier molecular flexibility index (Phi) is 6.37. The second kappa shape index (κ2) is 8.72. The summed E-state index contributed by atoms with van der Waals surface area (Å²) in [6.45, 7) is 2.29. The summed E-state index contributed by atoms with van der Waals surface area (Å²) >= 11 is 0. The number of hydrogen-bond donors (Lipinski definition) is 2. The first-order chi connectivity index (χ1) is 11.6. The molecule has 0 aliphatic rings. The van der Waals surface area contributed by atoms with E-state index in [4.69, 9.17) is 4.74 Å². The van der Waals surface area contributed by atoms with Crippen molar-refractivity contribution < 1.29 is 14.3 Å². The number of nitrogens with one attached hydrogen (secondary N) is 2. The highest BCUT2D eigenvalue weighted by Crippen LogP contribution is 2.16. The fourth-order valence-corrected chi connectivity index (χ4v) is 2.35.